The topological polar surface area (TPSA) is 199 Å². The van der Waals surface area contributed by atoms with Gasteiger partial charge >= 0.3 is 6.03 Å². The quantitative estimate of drug-likeness (QED) is 0.219. The van der Waals surface area contributed by atoms with Gasteiger partial charge in [0.2, 0.25) is 5.91 Å². The predicted molar refractivity (Wildman–Crippen MR) is 137 cm³/mol. The highest BCUT2D eigenvalue weighted by atomic mass is 16.3. The van der Waals surface area contributed by atoms with Gasteiger partial charge in [-0.15, -0.1) is 0 Å². The number of fused-ring (bicyclic) bond motifs is 3. The Bertz CT molecular complexity index is 1220. The fourth-order valence-electron chi connectivity index (χ4n) is 6.37. The van der Waals surface area contributed by atoms with E-state index in [0.29, 0.717) is 18.0 Å². The number of amides is 3. The molecule has 8 N–H and O–H groups in total. The number of primary amides is 1. The van der Waals surface area contributed by atoms with Crippen LogP contribution in [0.1, 0.15) is 51.2 Å². The second-order valence-electron chi connectivity index (χ2n) is 11.1. The zero-order chi connectivity index (χ0) is 28.2. The fraction of sp³-hybridized carbons (Fsp3) is 0.556. The first-order valence-electron chi connectivity index (χ1n) is 12.9. The van der Waals surface area contributed by atoms with Gasteiger partial charge in [-0.3, -0.25) is 14.4 Å². The third-order valence-electron chi connectivity index (χ3n) is 8.42. The second-order valence-corrected chi connectivity index (χ2v) is 11.1. The molecule has 1 aromatic rings. The minimum atomic E-state index is -1.62. The Hall–Kier alpha value is -3.44. The smallest absolute Gasteiger partial charge is 0.319 e. The standard InChI is InChI=1S/C27H35N3O8/c1-9(2)7-8-29-27(38)30-13-6-5-12-10(3)14-17(23(34)16(12)21(13)32)24(35)18-15(22(14)33)11(4)20(31)19(25(18)36)26(28)37/h5-6,9-11,14-15,18-20,22,31-34H,7-8H2,1-4H3,(H2,28,37)(H2,29,30,38)/t10-,11?,14?,15?,18?,19?,20?,22-/m0/s1. The van der Waals surface area contributed by atoms with Gasteiger partial charge in [-0.2, -0.15) is 0 Å². The number of urea groups is 1. The van der Waals surface area contributed by atoms with E-state index in [9.17, 15) is 39.6 Å². The molecule has 8 atom stereocenters. The van der Waals surface area contributed by atoms with Crippen LogP contribution < -0.4 is 16.4 Å². The van der Waals surface area contributed by atoms with Crippen LogP contribution in [-0.4, -0.2) is 62.7 Å². The molecule has 0 radical (unpaired) electrons. The Labute approximate surface area is 220 Å². The minimum Gasteiger partial charge on any atom is -0.507 e. The molecule has 3 aliphatic rings. The van der Waals surface area contributed by atoms with Crippen molar-refractivity contribution in [3.05, 3.63) is 28.8 Å². The van der Waals surface area contributed by atoms with Crippen LogP contribution in [0.2, 0.25) is 0 Å². The van der Waals surface area contributed by atoms with E-state index in [1.54, 1.807) is 19.9 Å². The van der Waals surface area contributed by atoms with Crippen LogP contribution >= 0.6 is 0 Å². The van der Waals surface area contributed by atoms with Crippen LogP contribution in [0, 0.1) is 35.5 Å². The molecule has 0 saturated heterocycles. The summed E-state index contributed by atoms with van der Waals surface area (Å²) in [5.74, 6) is -9.84. The van der Waals surface area contributed by atoms with Crippen LogP contribution in [0.15, 0.2) is 17.7 Å². The van der Waals surface area contributed by atoms with E-state index in [1.807, 2.05) is 13.8 Å². The molecule has 38 heavy (non-hydrogen) atoms. The number of carbonyl (C=O) groups excluding carboxylic acids is 4. The van der Waals surface area contributed by atoms with Crippen molar-refractivity contribution in [2.24, 2.45) is 41.2 Å². The van der Waals surface area contributed by atoms with E-state index >= 15 is 0 Å². The van der Waals surface area contributed by atoms with Gasteiger partial charge < -0.3 is 36.8 Å². The normalized spacial score (nSPS) is 32.4. The maximum atomic E-state index is 13.7. The van der Waals surface area contributed by atoms with E-state index in [-0.39, 0.29) is 16.8 Å². The number of phenols is 1. The summed E-state index contributed by atoms with van der Waals surface area (Å²) in [6.45, 7) is 7.72. The second kappa shape index (κ2) is 10.0. The number of carbonyl (C=O) groups is 4. The highest BCUT2D eigenvalue weighted by Crippen LogP contribution is 2.55. The fourth-order valence-corrected chi connectivity index (χ4v) is 6.37. The van der Waals surface area contributed by atoms with Crippen molar-refractivity contribution >= 4 is 35.0 Å². The zero-order valence-corrected chi connectivity index (χ0v) is 21.8. The van der Waals surface area contributed by atoms with Gasteiger partial charge in [0.1, 0.15) is 17.4 Å². The Kier molecular flexibility index (Phi) is 7.28. The largest absolute Gasteiger partial charge is 0.507 e. The number of hydrogen-bond donors (Lipinski definition) is 7. The lowest BCUT2D eigenvalue weighted by atomic mass is 9.53. The molecule has 11 heteroatoms. The summed E-state index contributed by atoms with van der Waals surface area (Å²) in [6, 6.07) is 2.51. The number of aromatic hydroxyl groups is 1. The minimum absolute atomic E-state index is 0.00422. The maximum absolute atomic E-state index is 13.7. The summed E-state index contributed by atoms with van der Waals surface area (Å²) in [5.41, 5.74) is 5.49. The van der Waals surface area contributed by atoms with Crippen molar-refractivity contribution in [2.45, 2.75) is 52.2 Å². The predicted octanol–water partition coefficient (Wildman–Crippen LogP) is 1.42. The van der Waals surface area contributed by atoms with Gasteiger partial charge in [-0.1, -0.05) is 33.8 Å². The lowest BCUT2D eigenvalue weighted by Gasteiger charge is -2.51. The van der Waals surface area contributed by atoms with E-state index in [1.165, 1.54) is 6.07 Å². The van der Waals surface area contributed by atoms with Gasteiger partial charge in [0, 0.05) is 24.0 Å². The molecule has 206 valence electrons. The van der Waals surface area contributed by atoms with E-state index < -0.39 is 82.7 Å². The summed E-state index contributed by atoms with van der Waals surface area (Å²) >= 11 is 0. The summed E-state index contributed by atoms with van der Waals surface area (Å²) in [4.78, 5) is 51.2. The van der Waals surface area contributed by atoms with Gasteiger partial charge in [0.05, 0.1) is 29.4 Å². The van der Waals surface area contributed by atoms with Crippen molar-refractivity contribution < 1.29 is 39.6 Å². The lowest BCUT2D eigenvalue weighted by molar-refractivity contribution is -0.164. The number of ketones is 2. The van der Waals surface area contributed by atoms with Crippen LogP contribution in [0.5, 0.6) is 5.75 Å². The molecule has 11 nitrogen and oxygen atoms in total. The van der Waals surface area contributed by atoms with Crippen molar-refractivity contribution in [1.82, 2.24) is 5.32 Å². The summed E-state index contributed by atoms with van der Waals surface area (Å²) < 4.78 is 0. The highest BCUT2D eigenvalue weighted by Gasteiger charge is 2.61. The zero-order valence-electron chi connectivity index (χ0n) is 21.8. The number of anilines is 1. The molecule has 3 aliphatic carbocycles. The first-order chi connectivity index (χ1) is 17.8. The molecule has 0 spiro atoms. The average molecular weight is 530 g/mol. The molecule has 1 aromatic carbocycles. The lowest BCUT2D eigenvalue weighted by Crippen LogP contribution is -2.62. The number of rotatable bonds is 5. The molecule has 0 bridgehead atoms. The summed E-state index contributed by atoms with van der Waals surface area (Å²) in [5, 5.41) is 49.6. The first kappa shape index (κ1) is 27.6. The van der Waals surface area contributed by atoms with Crippen molar-refractivity contribution in [2.75, 3.05) is 11.9 Å². The number of benzene rings is 1. The van der Waals surface area contributed by atoms with Crippen LogP contribution in [0.3, 0.4) is 0 Å². The molecule has 0 heterocycles. The first-order valence-corrected chi connectivity index (χ1v) is 12.9. The summed E-state index contributed by atoms with van der Waals surface area (Å²) in [7, 11) is 0. The van der Waals surface area contributed by atoms with Crippen molar-refractivity contribution in [3.63, 3.8) is 0 Å². The van der Waals surface area contributed by atoms with E-state index in [4.69, 9.17) is 5.73 Å². The molecular weight excluding hydrogens is 494 g/mol. The molecule has 3 amide bonds. The van der Waals surface area contributed by atoms with Gasteiger partial charge in [0.25, 0.3) is 0 Å². The molecular formula is C27H35N3O8. The van der Waals surface area contributed by atoms with Crippen molar-refractivity contribution in [3.8, 4) is 5.75 Å². The molecule has 2 fully saturated rings. The third kappa shape index (κ3) is 4.23. The van der Waals surface area contributed by atoms with Gasteiger partial charge in [0.15, 0.2) is 11.6 Å². The SMILES string of the molecule is CC(C)CCNC(=O)Nc1ccc2c(c1O)C(O)=C1C(=O)C3C(=O)C(C(N)=O)C(O)C(C)C3[C@@H](O)C1[C@H]2C. The number of nitrogens with one attached hydrogen (secondary N) is 2. The monoisotopic (exact) mass is 529 g/mol. The Balaban J connectivity index is 1.75. The van der Waals surface area contributed by atoms with Gasteiger partial charge in [-0.05, 0) is 35.8 Å². The molecule has 0 aromatic heterocycles. The molecule has 6 unspecified atom stereocenters. The molecule has 2 saturated carbocycles. The maximum Gasteiger partial charge on any atom is 0.319 e. The third-order valence-corrected chi connectivity index (χ3v) is 8.42. The van der Waals surface area contributed by atoms with Crippen LogP contribution in [0.4, 0.5) is 10.5 Å². The molecule has 4 rings (SSSR count). The number of nitrogens with two attached hydrogens (primary N) is 1. The number of phenolic OH excluding ortho intramolecular Hbond substituents is 1. The van der Waals surface area contributed by atoms with Crippen LogP contribution in [-0.2, 0) is 14.4 Å². The number of hydrogen-bond acceptors (Lipinski definition) is 8. The average Bonchev–Trinajstić information content (AvgIpc) is 2.82. The number of aliphatic hydroxyl groups is 3. The van der Waals surface area contributed by atoms with Crippen molar-refractivity contribution in [1.29, 1.82) is 0 Å². The highest BCUT2D eigenvalue weighted by molar-refractivity contribution is 6.19. The van der Waals surface area contributed by atoms with Gasteiger partial charge in [-0.25, -0.2) is 4.79 Å². The number of aliphatic hydroxyl groups excluding tert-OH is 3. The number of Topliss-reactive ketones (excluding diaryl/α,β-unsaturated/α-hetero) is 2. The summed E-state index contributed by atoms with van der Waals surface area (Å²) in [6.07, 6.45) is -2.02. The Morgan fingerprint density at radius 1 is 1.08 bits per heavy atom. The molecule has 0 aliphatic heterocycles. The Morgan fingerprint density at radius 2 is 1.74 bits per heavy atom. The van der Waals surface area contributed by atoms with Crippen LogP contribution in [0.25, 0.3) is 5.76 Å². The Morgan fingerprint density at radius 3 is 2.34 bits per heavy atom. The van der Waals surface area contributed by atoms with E-state index in [0.717, 1.165) is 6.42 Å². The van der Waals surface area contributed by atoms with E-state index in [2.05, 4.69) is 10.6 Å².